The summed E-state index contributed by atoms with van der Waals surface area (Å²) in [5.74, 6) is 0.231. The molecule has 1 fully saturated rings. The maximum atomic E-state index is 11.5. The zero-order valence-electron chi connectivity index (χ0n) is 11.9. The Bertz CT molecular complexity index is 245. The molecule has 0 aromatic carbocycles. The second-order valence-corrected chi connectivity index (χ2v) is 5.22. The van der Waals surface area contributed by atoms with Crippen LogP contribution in [0.15, 0.2) is 0 Å². The van der Waals surface area contributed by atoms with Crippen molar-refractivity contribution >= 4 is 5.91 Å². The molecule has 5 nitrogen and oxygen atoms in total. The molecule has 1 aliphatic heterocycles. The third-order valence-electron chi connectivity index (χ3n) is 3.49. The average molecular weight is 256 g/mol. The van der Waals surface area contributed by atoms with Gasteiger partial charge in [0.1, 0.15) is 0 Å². The van der Waals surface area contributed by atoms with E-state index in [1.165, 1.54) is 6.42 Å². The highest BCUT2D eigenvalue weighted by Gasteiger charge is 2.14. The molecule has 0 saturated carbocycles. The molecule has 0 aromatic rings. The van der Waals surface area contributed by atoms with Gasteiger partial charge in [-0.15, -0.1) is 0 Å². The summed E-state index contributed by atoms with van der Waals surface area (Å²) in [6.45, 7) is 7.32. The summed E-state index contributed by atoms with van der Waals surface area (Å²) in [4.78, 5) is 18.1. The Morgan fingerprint density at radius 3 is 2.28 bits per heavy atom. The summed E-state index contributed by atoms with van der Waals surface area (Å²) < 4.78 is 0. The van der Waals surface area contributed by atoms with E-state index in [1.54, 1.807) is 4.90 Å². The molecule has 106 valence electrons. The maximum Gasteiger partial charge on any atom is 0.222 e. The Hall–Kier alpha value is -0.650. The second-order valence-electron chi connectivity index (χ2n) is 5.22. The molecule has 0 unspecified atom stereocenters. The van der Waals surface area contributed by atoms with Crippen LogP contribution in [0.25, 0.3) is 0 Å². The minimum absolute atomic E-state index is 0.231. The first-order valence-corrected chi connectivity index (χ1v) is 6.98. The fourth-order valence-corrected chi connectivity index (χ4v) is 2.33. The van der Waals surface area contributed by atoms with Gasteiger partial charge in [-0.05, 0) is 32.5 Å². The molecule has 2 N–H and O–H groups in total. The van der Waals surface area contributed by atoms with E-state index in [-0.39, 0.29) is 5.91 Å². The number of hydrogen-bond donors (Lipinski definition) is 1. The molecular weight excluding hydrogens is 228 g/mol. The monoisotopic (exact) mass is 256 g/mol. The molecule has 1 saturated heterocycles. The van der Waals surface area contributed by atoms with Gasteiger partial charge < -0.3 is 20.4 Å². The quantitative estimate of drug-likeness (QED) is 0.716. The zero-order valence-corrected chi connectivity index (χ0v) is 11.9. The van der Waals surface area contributed by atoms with Gasteiger partial charge in [-0.3, -0.25) is 4.79 Å². The molecule has 1 amide bonds. The molecule has 0 spiro atoms. The summed E-state index contributed by atoms with van der Waals surface area (Å²) in [6, 6.07) is 0. The lowest BCUT2D eigenvalue weighted by atomic mass is 10.2. The van der Waals surface area contributed by atoms with E-state index in [0.717, 1.165) is 52.2 Å². The lowest BCUT2D eigenvalue weighted by Gasteiger charge is -2.21. The van der Waals surface area contributed by atoms with E-state index in [4.69, 9.17) is 5.73 Å². The van der Waals surface area contributed by atoms with Gasteiger partial charge in [0.15, 0.2) is 0 Å². The third kappa shape index (κ3) is 5.80. The van der Waals surface area contributed by atoms with Crippen molar-refractivity contribution in [2.45, 2.75) is 19.3 Å². The van der Waals surface area contributed by atoms with Crippen molar-refractivity contribution in [3.63, 3.8) is 0 Å². The van der Waals surface area contributed by atoms with E-state index < -0.39 is 0 Å². The normalized spacial score (nSPS) is 18.6. The van der Waals surface area contributed by atoms with Gasteiger partial charge in [-0.2, -0.15) is 0 Å². The average Bonchev–Trinajstić information content (AvgIpc) is 2.55. The van der Waals surface area contributed by atoms with Crippen molar-refractivity contribution in [3.05, 3.63) is 0 Å². The first-order valence-electron chi connectivity index (χ1n) is 6.98. The van der Waals surface area contributed by atoms with Crippen LogP contribution in [-0.4, -0.2) is 80.5 Å². The predicted octanol–water partition coefficient (Wildman–Crippen LogP) is -0.179. The van der Waals surface area contributed by atoms with Crippen molar-refractivity contribution in [1.82, 2.24) is 14.7 Å². The molecule has 0 atom stereocenters. The van der Waals surface area contributed by atoms with Crippen molar-refractivity contribution in [3.8, 4) is 0 Å². The van der Waals surface area contributed by atoms with Crippen molar-refractivity contribution in [2.24, 2.45) is 5.73 Å². The Kier molecular flexibility index (Phi) is 7.23. The highest BCUT2D eigenvalue weighted by Crippen LogP contribution is 2.04. The van der Waals surface area contributed by atoms with Gasteiger partial charge in [0.2, 0.25) is 5.91 Å². The Labute approximate surface area is 111 Å². The molecule has 0 radical (unpaired) electrons. The first kappa shape index (κ1) is 15.4. The summed E-state index contributed by atoms with van der Waals surface area (Å²) in [6.07, 6.45) is 2.84. The van der Waals surface area contributed by atoms with Crippen molar-refractivity contribution < 1.29 is 4.79 Å². The summed E-state index contributed by atoms with van der Waals surface area (Å²) in [7, 11) is 3.64. The fraction of sp³-hybridized carbons (Fsp3) is 0.923. The Balaban J connectivity index is 2.17. The summed E-state index contributed by atoms with van der Waals surface area (Å²) in [5, 5.41) is 0. The van der Waals surface area contributed by atoms with Gasteiger partial charge >= 0.3 is 0 Å². The van der Waals surface area contributed by atoms with Gasteiger partial charge in [0.25, 0.3) is 0 Å². The predicted molar refractivity (Wildman–Crippen MR) is 74.5 cm³/mol. The standard InChI is InChI=1S/C13H28N4O/c1-15(2)13(18)5-3-7-16-8-4-9-17(10-6-14)12-11-16/h3-12,14H2,1-2H3. The van der Waals surface area contributed by atoms with Crippen molar-refractivity contribution in [2.75, 3.05) is 59.9 Å². The van der Waals surface area contributed by atoms with Crippen LogP contribution >= 0.6 is 0 Å². The molecule has 0 aromatic heterocycles. The van der Waals surface area contributed by atoms with Gasteiger partial charge in [-0.25, -0.2) is 0 Å². The number of nitrogens with two attached hydrogens (primary N) is 1. The number of carbonyl (C=O) groups is 1. The molecule has 0 bridgehead atoms. The lowest BCUT2D eigenvalue weighted by molar-refractivity contribution is -0.128. The Morgan fingerprint density at radius 1 is 1.11 bits per heavy atom. The van der Waals surface area contributed by atoms with Crippen LogP contribution in [0, 0.1) is 0 Å². The summed E-state index contributed by atoms with van der Waals surface area (Å²) >= 11 is 0. The van der Waals surface area contributed by atoms with E-state index in [2.05, 4.69) is 9.80 Å². The van der Waals surface area contributed by atoms with E-state index in [9.17, 15) is 4.79 Å². The minimum atomic E-state index is 0.231. The van der Waals surface area contributed by atoms with E-state index in [0.29, 0.717) is 6.42 Å². The van der Waals surface area contributed by atoms with Crippen LogP contribution in [0.4, 0.5) is 0 Å². The SMILES string of the molecule is CN(C)C(=O)CCCN1CCCN(CCN)CC1. The number of hydrogen-bond acceptors (Lipinski definition) is 4. The van der Waals surface area contributed by atoms with Crippen LogP contribution < -0.4 is 5.73 Å². The van der Waals surface area contributed by atoms with Crippen LogP contribution in [0.2, 0.25) is 0 Å². The third-order valence-corrected chi connectivity index (χ3v) is 3.49. The molecule has 5 heteroatoms. The second kappa shape index (κ2) is 8.45. The smallest absolute Gasteiger partial charge is 0.222 e. The molecular formula is C13H28N4O. The number of amides is 1. The fourth-order valence-electron chi connectivity index (χ4n) is 2.33. The topological polar surface area (TPSA) is 52.8 Å². The highest BCUT2D eigenvalue weighted by molar-refractivity contribution is 5.75. The number of carbonyl (C=O) groups excluding carboxylic acids is 1. The Morgan fingerprint density at radius 2 is 1.72 bits per heavy atom. The molecule has 0 aliphatic carbocycles. The number of rotatable bonds is 6. The summed E-state index contributed by atoms with van der Waals surface area (Å²) in [5.41, 5.74) is 5.59. The molecule has 1 rings (SSSR count). The zero-order chi connectivity index (χ0) is 13.4. The molecule has 1 aliphatic rings. The van der Waals surface area contributed by atoms with Gasteiger partial charge in [0, 0.05) is 46.7 Å². The van der Waals surface area contributed by atoms with Crippen LogP contribution in [0.3, 0.4) is 0 Å². The molecule has 18 heavy (non-hydrogen) atoms. The lowest BCUT2D eigenvalue weighted by Crippen LogP contribution is -2.34. The number of nitrogens with zero attached hydrogens (tertiary/aromatic N) is 3. The van der Waals surface area contributed by atoms with Crippen LogP contribution in [0.5, 0.6) is 0 Å². The van der Waals surface area contributed by atoms with Gasteiger partial charge in [0.05, 0.1) is 0 Å². The van der Waals surface area contributed by atoms with Crippen LogP contribution in [0.1, 0.15) is 19.3 Å². The molecule has 1 heterocycles. The largest absolute Gasteiger partial charge is 0.349 e. The van der Waals surface area contributed by atoms with E-state index in [1.807, 2.05) is 14.1 Å². The maximum absolute atomic E-state index is 11.5. The minimum Gasteiger partial charge on any atom is -0.349 e. The first-order chi connectivity index (χ1) is 8.63. The van der Waals surface area contributed by atoms with Gasteiger partial charge in [-0.1, -0.05) is 0 Å². The van der Waals surface area contributed by atoms with Crippen molar-refractivity contribution in [1.29, 1.82) is 0 Å². The van der Waals surface area contributed by atoms with Crippen LogP contribution in [-0.2, 0) is 4.79 Å². The highest BCUT2D eigenvalue weighted by atomic mass is 16.2. The van der Waals surface area contributed by atoms with E-state index >= 15 is 0 Å².